The fourth-order valence-electron chi connectivity index (χ4n) is 4.42. The summed E-state index contributed by atoms with van der Waals surface area (Å²) in [5.74, 6) is 0.215. The fraction of sp³-hybridized carbons (Fsp3) is 0.400. The molecule has 1 aliphatic rings. The highest BCUT2D eigenvalue weighted by molar-refractivity contribution is 8.02. The predicted molar refractivity (Wildman–Crippen MR) is 157 cm³/mol. The first-order valence-corrected chi connectivity index (χ1v) is 14.1. The number of aliphatic imine (C=N–C) groups is 1. The number of amides is 1. The molecule has 0 saturated carbocycles. The summed E-state index contributed by atoms with van der Waals surface area (Å²) in [7, 11) is 3.99. The molecule has 0 fully saturated rings. The van der Waals surface area contributed by atoms with E-state index in [2.05, 4.69) is 54.8 Å². The summed E-state index contributed by atoms with van der Waals surface area (Å²) in [5, 5.41) is 3.89. The smallest absolute Gasteiger partial charge is 0.261 e. The molecule has 2 aromatic carbocycles. The van der Waals surface area contributed by atoms with Gasteiger partial charge >= 0.3 is 0 Å². The van der Waals surface area contributed by atoms with Crippen LogP contribution in [-0.2, 0) is 16.1 Å². The van der Waals surface area contributed by atoms with Gasteiger partial charge < -0.3 is 19.9 Å². The molecular weight excluding hydrogens is 480 g/mol. The van der Waals surface area contributed by atoms with Crippen molar-refractivity contribution in [1.29, 1.82) is 0 Å². The van der Waals surface area contributed by atoms with Crippen LogP contribution in [0.1, 0.15) is 37.5 Å². The third-order valence-electron chi connectivity index (χ3n) is 6.73. The van der Waals surface area contributed by atoms with Crippen LogP contribution in [0.3, 0.4) is 0 Å². The summed E-state index contributed by atoms with van der Waals surface area (Å²) < 4.78 is 6.25. The van der Waals surface area contributed by atoms with E-state index in [-0.39, 0.29) is 17.9 Å². The highest BCUT2D eigenvalue weighted by atomic mass is 32.2. The van der Waals surface area contributed by atoms with Crippen LogP contribution in [-0.4, -0.2) is 57.0 Å². The minimum absolute atomic E-state index is 0.0283. The Hall–Kier alpha value is -2.87. The zero-order valence-electron chi connectivity index (χ0n) is 22.7. The highest BCUT2D eigenvalue weighted by Gasteiger charge is 2.29. The third-order valence-corrected chi connectivity index (χ3v) is 7.31. The number of benzene rings is 2. The second kappa shape index (κ2) is 14.2. The third kappa shape index (κ3) is 7.57. The Morgan fingerprint density at radius 2 is 1.89 bits per heavy atom. The van der Waals surface area contributed by atoms with Crippen LogP contribution in [0.15, 0.2) is 82.5 Å². The van der Waals surface area contributed by atoms with Crippen molar-refractivity contribution in [2.75, 3.05) is 44.9 Å². The van der Waals surface area contributed by atoms with Crippen molar-refractivity contribution in [3.8, 4) is 0 Å². The zero-order chi connectivity index (χ0) is 26.8. The number of allylic oxidation sites excluding steroid dienone is 1. The van der Waals surface area contributed by atoms with Crippen molar-refractivity contribution < 1.29 is 9.53 Å². The van der Waals surface area contributed by atoms with Gasteiger partial charge in [-0.15, -0.1) is 11.8 Å². The molecule has 0 aromatic heterocycles. The van der Waals surface area contributed by atoms with Crippen LogP contribution >= 0.6 is 11.8 Å². The number of nitrogens with one attached hydrogen (secondary N) is 1. The molecule has 0 saturated heterocycles. The van der Waals surface area contributed by atoms with E-state index in [1.165, 1.54) is 11.8 Å². The van der Waals surface area contributed by atoms with Gasteiger partial charge in [0.25, 0.3) is 5.91 Å². The number of hydrogen-bond donors (Lipinski definition) is 1. The SMILES string of the molecule is C=C(/N=C\C1=C(C(C)CC)N(C)CCN(c2ccc(COC(CNC)c3ccccc3)cc2)C1=O)SC. The molecule has 7 heteroatoms. The van der Waals surface area contributed by atoms with Gasteiger partial charge in [-0.2, -0.15) is 0 Å². The molecule has 1 aliphatic heterocycles. The number of carbonyl (C=O) groups is 1. The molecule has 0 radical (unpaired) electrons. The Kier molecular flexibility index (Phi) is 11.0. The zero-order valence-corrected chi connectivity index (χ0v) is 23.6. The fourth-order valence-corrected chi connectivity index (χ4v) is 4.58. The minimum atomic E-state index is -0.0319. The lowest BCUT2D eigenvalue weighted by atomic mass is 9.98. The van der Waals surface area contributed by atoms with E-state index < -0.39 is 0 Å². The Balaban J connectivity index is 1.81. The monoisotopic (exact) mass is 520 g/mol. The normalized spacial score (nSPS) is 16.3. The van der Waals surface area contributed by atoms with Crippen LogP contribution in [0.25, 0.3) is 0 Å². The van der Waals surface area contributed by atoms with Gasteiger partial charge in [0, 0.05) is 44.3 Å². The summed E-state index contributed by atoms with van der Waals surface area (Å²) in [4.78, 5) is 22.4. The average Bonchev–Trinajstić information content (AvgIpc) is 3.05. The van der Waals surface area contributed by atoms with Gasteiger partial charge in [-0.05, 0) is 48.9 Å². The van der Waals surface area contributed by atoms with Crippen LogP contribution < -0.4 is 10.2 Å². The molecule has 0 aliphatic carbocycles. The maximum atomic E-state index is 13.8. The molecule has 1 heterocycles. The van der Waals surface area contributed by atoms with Gasteiger partial charge in [0.05, 0.1) is 23.3 Å². The topological polar surface area (TPSA) is 57.2 Å². The Labute approximate surface area is 226 Å². The molecule has 1 N–H and O–H groups in total. The molecular formula is C30H40N4O2S. The summed E-state index contributed by atoms with van der Waals surface area (Å²) in [6.07, 6.45) is 4.55. The van der Waals surface area contributed by atoms with Crippen molar-refractivity contribution in [2.24, 2.45) is 10.9 Å². The van der Waals surface area contributed by atoms with Crippen molar-refractivity contribution in [2.45, 2.75) is 33.0 Å². The summed E-state index contributed by atoms with van der Waals surface area (Å²) in [5.41, 5.74) is 4.75. The van der Waals surface area contributed by atoms with Crippen molar-refractivity contribution >= 4 is 29.6 Å². The number of hydrogen-bond acceptors (Lipinski definition) is 6. The first-order chi connectivity index (χ1) is 17.9. The molecule has 198 valence electrons. The van der Waals surface area contributed by atoms with E-state index >= 15 is 0 Å². The molecule has 2 aromatic rings. The number of nitrogens with zero attached hydrogens (tertiary/aromatic N) is 3. The van der Waals surface area contributed by atoms with Gasteiger partial charge in [-0.25, -0.2) is 4.99 Å². The maximum Gasteiger partial charge on any atom is 0.261 e. The molecule has 3 rings (SSSR count). The predicted octanol–water partition coefficient (Wildman–Crippen LogP) is 5.65. The number of likely N-dealkylation sites (N-methyl/N-ethyl adjacent to an activating group) is 2. The lowest BCUT2D eigenvalue weighted by molar-refractivity contribution is -0.114. The minimum Gasteiger partial charge on any atom is -0.375 e. The number of ether oxygens (including phenoxy) is 1. The van der Waals surface area contributed by atoms with E-state index in [4.69, 9.17) is 4.74 Å². The van der Waals surface area contributed by atoms with Gasteiger partial charge in [-0.1, -0.05) is 62.9 Å². The first-order valence-electron chi connectivity index (χ1n) is 12.8. The average molecular weight is 521 g/mol. The lowest BCUT2D eigenvalue weighted by Gasteiger charge is -2.26. The van der Waals surface area contributed by atoms with Crippen LogP contribution in [0.5, 0.6) is 0 Å². The Morgan fingerprint density at radius 1 is 1.19 bits per heavy atom. The Morgan fingerprint density at radius 3 is 2.51 bits per heavy atom. The molecule has 1 amide bonds. The molecule has 2 unspecified atom stereocenters. The largest absolute Gasteiger partial charge is 0.375 e. The van der Waals surface area contributed by atoms with Crippen molar-refractivity contribution in [3.63, 3.8) is 0 Å². The number of anilines is 1. The molecule has 2 atom stereocenters. The number of thioether (sulfide) groups is 1. The summed E-state index contributed by atoms with van der Waals surface area (Å²) >= 11 is 1.47. The summed E-state index contributed by atoms with van der Waals surface area (Å²) in [6.45, 7) is 10.8. The summed E-state index contributed by atoms with van der Waals surface area (Å²) in [6, 6.07) is 18.4. The maximum absolute atomic E-state index is 13.8. The second-order valence-corrected chi connectivity index (χ2v) is 10.2. The van der Waals surface area contributed by atoms with E-state index in [0.717, 1.165) is 42.0 Å². The Bertz CT molecular complexity index is 1100. The lowest BCUT2D eigenvalue weighted by Crippen LogP contribution is -2.34. The molecule has 37 heavy (non-hydrogen) atoms. The molecule has 0 spiro atoms. The van der Waals surface area contributed by atoms with Crippen molar-refractivity contribution in [1.82, 2.24) is 10.2 Å². The van der Waals surface area contributed by atoms with Gasteiger partial charge in [0.1, 0.15) is 0 Å². The molecule has 6 nitrogen and oxygen atoms in total. The van der Waals surface area contributed by atoms with Crippen LogP contribution in [0.4, 0.5) is 5.69 Å². The van der Waals surface area contributed by atoms with E-state index in [1.807, 2.05) is 60.7 Å². The van der Waals surface area contributed by atoms with E-state index in [9.17, 15) is 4.79 Å². The van der Waals surface area contributed by atoms with Gasteiger partial charge in [-0.3, -0.25) is 4.79 Å². The van der Waals surface area contributed by atoms with Crippen LogP contribution in [0.2, 0.25) is 0 Å². The second-order valence-electron chi connectivity index (χ2n) is 9.28. The van der Waals surface area contributed by atoms with Gasteiger partial charge in [0.15, 0.2) is 0 Å². The first kappa shape index (κ1) is 28.7. The number of carbonyl (C=O) groups excluding carboxylic acids is 1. The van der Waals surface area contributed by atoms with E-state index in [1.54, 1.807) is 6.21 Å². The van der Waals surface area contributed by atoms with Crippen molar-refractivity contribution in [3.05, 3.63) is 88.6 Å². The quantitative estimate of drug-likeness (QED) is 0.367. The molecule has 0 bridgehead atoms. The van der Waals surface area contributed by atoms with E-state index in [0.29, 0.717) is 23.8 Å². The standard InChI is InChI=1S/C30H40N4O2S/c1-7-22(2)29-27(19-32-23(3)37-6)30(35)34(18-17-33(29)5)26-15-13-24(14-16-26)21-36-28(20-31-4)25-11-9-8-10-12-25/h8-16,19,22,28,31H,3,7,17-18,20-21H2,1-2,4-6H3/b32-19-. The highest BCUT2D eigenvalue weighted by Crippen LogP contribution is 2.28. The number of rotatable bonds is 12. The van der Waals surface area contributed by atoms with Crippen LogP contribution in [0, 0.1) is 5.92 Å². The van der Waals surface area contributed by atoms with Gasteiger partial charge in [0.2, 0.25) is 0 Å².